The third kappa shape index (κ3) is 6.37. The number of nitriles is 1. The fourth-order valence-corrected chi connectivity index (χ4v) is 4.17. The summed E-state index contributed by atoms with van der Waals surface area (Å²) in [5.74, 6) is 1.20. The predicted octanol–water partition coefficient (Wildman–Crippen LogP) is 3.84. The number of sulfonamides is 1. The molecule has 8 heteroatoms. The van der Waals surface area contributed by atoms with Crippen molar-refractivity contribution in [1.29, 1.82) is 5.26 Å². The third-order valence-electron chi connectivity index (χ3n) is 4.38. The van der Waals surface area contributed by atoms with Gasteiger partial charge in [0, 0.05) is 6.54 Å². The number of nitrogens with zero attached hydrogens (tertiary/aromatic N) is 2. The summed E-state index contributed by atoms with van der Waals surface area (Å²) < 4.78 is 38.5. The summed E-state index contributed by atoms with van der Waals surface area (Å²) in [4.78, 5) is 1.50. The molecule has 1 N–H and O–H groups in total. The van der Waals surface area contributed by atoms with Gasteiger partial charge in [-0.1, -0.05) is 31.2 Å². The van der Waals surface area contributed by atoms with Gasteiger partial charge < -0.3 is 9.47 Å². The third-order valence-corrected chi connectivity index (χ3v) is 5.93. The summed E-state index contributed by atoms with van der Waals surface area (Å²) in [6, 6.07) is 14.0. The fourth-order valence-electron chi connectivity index (χ4n) is 3.08. The van der Waals surface area contributed by atoms with Gasteiger partial charge >= 0.3 is 0 Å². The summed E-state index contributed by atoms with van der Waals surface area (Å²) in [6.07, 6.45) is 2.71. The monoisotopic (exact) mass is 431 g/mol. The van der Waals surface area contributed by atoms with Gasteiger partial charge in [-0.25, -0.2) is 13.1 Å². The molecule has 0 bridgehead atoms. The Balaban J connectivity index is 2.47. The van der Waals surface area contributed by atoms with E-state index in [4.69, 9.17) is 9.47 Å². The molecule has 2 aromatic carbocycles. The maximum absolute atomic E-state index is 12.3. The van der Waals surface area contributed by atoms with Crippen molar-refractivity contribution in [3.8, 4) is 17.7 Å². The molecule has 1 unspecified atom stereocenters. The van der Waals surface area contributed by atoms with Crippen LogP contribution in [-0.4, -0.2) is 33.9 Å². The van der Waals surface area contributed by atoms with Crippen LogP contribution in [0.2, 0.25) is 0 Å². The second-order valence-electron chi connectivity index (χ2n) is 6.56. The molecule has 30 heavy (non-hydrogen) atoms. The summed E-state index contributed by atoms with van der Waals surface area (Å²) >= 11 is 0. The highest BCUT2D eigenvalue weighted by Crippen LogP contribution is 2.34. The van der Waals surface area contributed by atoms with Crippen LogP contribution < -0.4 is 19.1 Å². The van der Waals surface area contributed by atoms with Crippen molar-refractivity contribution >= 4 is 15.7 Å². The Morgan fingerprint density at radius 3 is 2.30 bits per heavy atom. The van der Waals surface area contributed by atoms with Crippen LogP contribution in [0.5, 0.6) is 11.5 Å². The van der Waals surface area contributed by atoms with Gasteiger partial charge in [0.05, 0.1) is 30.7 Å². The minimum Gasteiger partial charge on any atom is -0.490 e. The van der Waals surface area contributed by atoms with E-state index in [-0.39, 0.29) is 12.3 Å². The van der Waals surface area contributed by atoms with E-state index in [0.717, 1.165) is 5.56 Å². The molecule has 0 aliphatic rings. The lowest BCUT2D eigenvalue weighted by atomic mass is 10.0. The van der Waals surface area contributed by atoms with Crippen LogP contribution >= 0.6 is 0 Å². The van der Waals surface area contributed by atoms with Crippen LogP contribution in [0.15, 0.2) is 48.5 Å². The van der Waals surface area contributed by atoms with Crippen LogP contribution in [0.1, 0.15) is 38.8 Å². The van der Waals surface area contributed by atoms with Crippen molar-refractivity contribution in [3.05, 3.63) is 54.1 Å². The van der Waals surface area contributed by atoms with Crippen LogP contribution in [0.25, 0.3) is 0 Å². The summed E-state index contributed by atoms with van der Waals surface area (Å²) in [5.41, 5.74) is 1.41. The van der Waals surface area contributed by atoms with Gasteiger partial charge in [-0.05, 0) is 50.1 Å². The topological polar surface area (TPSA) is 91.7 Å². The van der Waals surface area contributed by atoms with Gasteiger partial charge in [0.1, 0.15) is 0 Å². The molecule has 2 rings (SSSR count). The molecule has 0 amide bonds. The minimum atomic E-state index is -3.44. The molecule has 0 fully saturated rings. The lowest BCUT2D eigenvalue weighted by molar-refractivity contribution is 0.287. The molecule has 7 nitrogen and oxygen atoms in total. The van der Waals surface area contributed by atoms with E-state index in [1.54, 1.807) is 12.1 Å². The summed E-state index contributed by atoms with van der Waals surface area (Å²) in [7, 11) is -3.44. The predicted molar refractivity (Wildman–Crippen MR) is 118 cm³/mol. The quantitative estimate of drug-likeness (QED) is 0.405. The number of benzene rings is 2. The van der Waals surface area contributed by atoms with Crippen LogP contribution in [0, 0.1) is 11.5 Å². The first-order valence-electron chi connectivity index (χ1n) is 10.1. The number of hydrogen-bond donors (Lipinski definition) is 1. The zero-order chi connectivity index (χ0) is 22.0. The number of nitrogens with one attached hydrogen (secondary N) is 1. The Bertz CT molecular complexity index is 943. The number of ether oxygens (including phenoxy) is 2. The van der Waals surface area contributed by atoms with Gasteiger partial charge in [0.2, 0.25) is 10.0 Å². The minimum absolute atomic E-state index is 0.0328. The van der Waals surface area contributed by atoms with E-state index in [0.29, 0.717) is 36.8 Å². The van der Waals surface area contributed by atoms with E-state index < -0.39 is 16.1 Å². The summed E-state index contributed by atoms with van der Waals surface area (Å²) in [6.45, 7) is 6.57. The Kier molecular flexibility index (Phi) is 8.96. The van der Waals surface area contributed by atoms with Crippen LogP contribution in [-0.2, 0) is 10.0 Å². The highest BCUT2D eigenvalue weighted by atomic mass is 32.2. The first-order chi connectivity index (χ1) is 14.5. The molecule has 1 atom stereocenters. The molecule has 0 radical (unpaired) electrons. The molecule has 0 aromatic heterocycles. The summed E-state index contributed by atoms with van der Waals surface area (Å²) in [5, 5.41) is 9.90. The van der Waals surface area contributed by atoms with E-state index in [9.17, 15) is 13.7 Å². The Labute approximate surface area is 179 Å². The van der Waals surface area contributed by atoms with E-state index >= 15 is 0 Å². The normalized spacial score (nSPS) is 12.1. The van der Waals surface area contributed by atoms with Crippen molar-refractivity contribution in [2.45, 2.75) is 33.2 Å². The van der Waals surface area contributed by atoms with Gasteiger partial charge in [-0.2, -0.15) is 5.26 Å². The average molecular weight is 432 g/mol. The van der Waals surface area contributed by atoms with Gasteiger partial charge in [-0.15, -0.1) is 0 Å². The lowest BCUT2D eigenvalue weighted by Crippen LogP contribution is -2.37. The number of anilines is 1. The zero-order valence-corrected chi connectivity index (χ0v) is 18.5. The van der Waals surface area contributed by atoms with Crippen LogP contribution in [0.4, 0.5) is 5.69 Å². The van der Waals surface area contributed by atoms with Crippen molar-refractivity contribution in [1.82, 2.24) is 4.72 Å². The number of hydrogen-bond acceptors (Lipinski definition) is 6. The van der Waals surface area contributed by atoms with Crippen molar-refractivity contribution in [3.63, 3.8) is 0 Å². The molecule has 0 saturated heterocycles. The molecule has 0 heterocycles. The Morgan fingerprint density at radius 1 is 1.03 bits per heavy atom. The maximum atomic E-state index is 12.3. The average Bonchev–Trinajstić information content (AvgIpc) is 2.73. The number of para-hydroxylation sites is 1. The molecule has 0 saturated carbocycles. The standard InChI is InChI=1S/C22H29N3O4S/c1-4-14-30(26,27)24-16-20(25(17-23)19-10-8-7-9-11-19)18-12-13-21(28-5-2)22(15-18)29-6-3/h7-13,15,20,24H,4-6,14,16H2,1-3H3. The van der Waals surface area contributed by atoms with E-state index in [1.165, 1.54) is 4.90 Å². The van der Waals surface area contributed by atoms with E-state index in [2.05, 4.69) is 10.9 Å². The van der Waals surface area contributed by atoms with Crippen molar-refractivity contribution in [2.24, 2.45) is 0 Å². The highest BCUT2D eigenvalue weighted by molar-refractivity contribution is 7.89. The van der Waals surface area contributed by atoms with Gasteiger partial charge in [-0.3, -0.25) is 4.90 Å². The fraction of sp³-hybridized carbons (Fsp3) is 0.409. The Hall–Kier alpha value is -2.76. The lowest BCUT2D eigenvalue weighted by Gasteiger charge is -2.28. The maximum Gasteiger partial charge on any atom is 0.211 e. The second-order valence-corrected chi connectivity index (χ2v) is 8.49. The molecule has 2 aromatic rings. The van der Waals surface area contributed by atoms with E-state index in [1.807, 2.05) is 57.2 Å². The molecule has 0 spiro atoms. The van der Waals surface area contributed by atoms with Gasteiger partial charge in [0.25, 0.3) is 0 Å². The zero-order valence-electron chi connectivity index (χ0n) is 17.7. The SMILES string of the molecule is CCCS(=O)(=O)NCC(c1ccc(OCC)c(OCC)c1)N(C#N)c1ccccc1. The van der Waals surface area contributed by atoms with Crippen LogP contribution in [0.3, 0.4) is 0 Å². The largest absolute Gasteiger partial charge is 0.490 e. The molecular formula is C22H29N3O4S. The molecule has 0 aliphatic carbocycles. The molecule has 0 aliphatic heterocycles. The van der Waals surface area contributed by atoms with Crippen molar-refractivity contribution in [2.75, 3.05) is 30.4 Å². The first kappa shape index (κ1) is 23.5. The highest BCUT2D eigenvalue weighted by Gasteiger charge is 2.24. The second kappa shape index (κ2) is 11.4. The molecule has 162 valence electrons. The van der Waals surface area contributed by atoms with Gasteiger partial charge in [0.15, 0.2) is 17.7 Å². The number of rotatable bonds is 12. The van der Waals surface area contributed by atoms with Crippen molar-refractivity contribution < 1.29 is 17.9 Å². The smallest absolute Gasteiger partial charge is 0.211 e. The first-order valence-corrected chi connectivity index (χ1v) is 11.7. The molecular weight excluding hydrogens is 402 g/mol. The Morgan fingerprint density at radius 2 is 1.70 bits per heavy atom.